The van der Waals surface area contributed by atoms with Gasteiger partial charge in [0.1, 0.15) is 0 Å². The van der Waals surface area contributed by atoms with Crippen molar-refractivity contribution in [3.05, 3.63) is 74.4 Å². The number of carbonyl (C=O) groups excluding carboxylic acids is 2. The molecular formula is C18H15IN2O2. The van der Waals surface area contributed by atoms with E-state index in [9.17, 15) is 9.59 Å². The molecule has 2 aromatic carbocycles. The monoisotopic (exact) mass is 418 g/mol. The van der Waals surface area contributed by atoms with Crippen molar-refractivity contribution in [1.29, 1.82) is 0 Å². The first-order chi connectivity index (χ1) is 11.1. The van der Waals surface area contributed by atoms with Gasteiger partial charge < -0.3 is 10.6 Å². The third kappa shape index (κ3) is 3.29. The maximum Gasteiger partial charge on any atom is 0.251 e. The van der Waals surface area contributed by atoms with Crippen LogP contribution in [0.4, 0.5) is 0 Å². The van der Waals surface area contributed by atoms with E-state index in [1.807, 2.05) is 36.4 Å². The highest BCUT2D eigenvalue weighted by Gasteiger charge is 2.18. The lowest BCUT2D eigenvalue weighted by molar-refractivity contribution is 0.0957. The molecule has 5 heteroatoms. The zero-order chi connectivity index (χ0) is 16.4. The third-order valence-corrected chi connectivity index (χ3v) is 4.48. The van der Waals surface area contributed by atoms with Crippen molar-refractivity contribution in [2.24, 2.45) is 0 Å². The molecule has 0 saturated heterocycles. The topological polar surface area (TPSA) is 58.2 Å². The van der Waals surface area contributed by atoms with Crippen molar-refractivity contribution < 1.29 is 9.59 Å². The molecule has 0 radical (unpaired) electrons. The lowest BCUT2D eigenvalue weighted by atomic mass is 10.1. The lowest BCUT2D eigenvalue weighted by Crippen LogP contribution is -2.12. The molecule has 2 amide bonds. The number of amides is 2. The summed E-state index contributed by atoms with van der Waals surface area (Å²) in [7, 11) is 0. The first-order valence-corrected chi connectivity index (χ1v) is 8.26. The van der Waals surface area contributed by atoms with Crippen molar-refractivity contribution >= 4 is 40.5 Å². The zero-order valence-corrected chi connectivity index (χ0v) is 14.5. The summed E-state index contributed by atoms with van der Waals surface area (Å²) in [6.07, 6.45) is 1.74. The summed E-state index contributed by atoms with van der Waals surface area (Å²) in [6, 6.07) is 11.7. The summed E-state index contributed by atoms with van der Waals surface area (Å²) in [4.78, 5) is 22.3. The van der Waals surface area contributed by atoms with Crippen LogP contribution in [0.15, 0.2) is 43.0 Å². The van der Waals surface area contributed by atoms with Gasteiger partial charge in [-0.3, -0.25) is 9.59 Å². The van der Waals surface area contributed by atoms with Crippen molar-refractivity contribution in [2.75, 3.05) is 0 Å². The quantitative estimate of drug-likeness (QED) is 0.700. The number of hydrogen-bond acceptors (Lipinski definition) is 2. The minimum absolute atomic E-state index is 0.0219. The molecule has 2 aliphatic rings. The summed E-state index contributed by atoms with van der Waals surface area (Å²) in [5, 5.41) is 5.53. The molecule has 2 heterocycles. The van der Waals surface area contributed by atoms with E-state index in [2.05, 4.69) is 39.8 Å². The van der Waals surface area contributed by atoms with Crippen LogP contribution in [-0.4, -0.2) is 11.8 Å². The number of nitrogens with one attached hydrogen (secondary N) is 2. The predicted octanol–water partition coefficient (Wildman–Crippen LogP) is 3.11. The molecule has 2 N–H and O–H groups in total. The van der Waals surface area contributed by atoms with Crippen LogP contribution in [0.1, 0.15) is 37.4 Å². The van der Waals surface area contributed by atoms with E-state index >= 15 is 0 Å². The summed E-state index contributed by atoms with van der Waals surface area (Å²) in [5.74, 6) is 0.0761. The fraction of sp³-hybridized carbons (Fsp3) is 0.111. The van der Waals surface area contributed by atoms with Gasteiger partial charge >= 0.3 is 0 Å². The largest absolute Gasteiger partial charge is 0.348 e. The number of hydrogen-bond donors (Lipinski definition) is 2. The van der Waals surface area contributed by atoms with Gasteiger partial charge in [0.05, 0.1) is 0 Å². The predicted molar refractivity (Wildman–Crippen MR) is 98.0 cm³/mol. The maximum atomic E-state index is 11.2. The number of carbonyl (C=O) groups is 2. The molecule has 116 valence electrons. The normalized spacial score (nSPS) is 14.1. The van der Waals surface area contributed by atoms with E-state index in [0.717, 1.165) is 31.4 Å². The van der Waals surface area contributed by atoms with Crippen LogP contribution in [0.25, 0.3) is 6.08 Å². The second-order valence-corrected chi connectivity index (χ2v) is 6.53. The van der Waals surface area contributed by atoms with Crippen LogP contribution >= 0.6 is 22.6 Å². The van der Waals surface area contributed by atoms with Gasteiger partial charge in [-0.2, -0.15) is 0 Å². The lowest BCUT2D eigenvalue weighted by Gasteiger charge is -1.96. The maximum absolute atomic E-state index is 11.2. The van der Waals surface area contributed by atoms with Crippen molar-refractivity contribution in [3.8, 4) is 0 Å². The average Bonchev–Trinajstić information content (AvgIpc) is 3.11. The van der Waals surface area contributed by atoms with Gasteiger partial charge in [0.15, 0.2) is 0 Å². The van der Waals surface area contributed by atoms with E-state index < -0.39 is 0 Å². The second kappa shape index (κ2) is 6.54. The molecule has 0 atom stereocenters. The molecule has 2 aliphatic heterocycles. The molecule has 0 bridgehead atoms. The van der Waals surface area contributed by atoms with Gasteiger partial charge in [-0.05, 0) is 57.5 Å². The Hall–Kier alpha value is -2.15. The molecular weight excluding hydrogens is 403 g/mol. The average molecular weight is 418 g/mol. The first-order valence-electron chi connectivity index (χ1n) is 7.18. The third-order valence-electron chi connectivity index (χ3n) is 3.81. The van der Waals surface area contributed by atoms with Crippen LogP contribution in [0.2, 0.25) is 0 Å². The molecule has 4 nitrogen and oxygen atoms in total. The number of halogens is 1. The fourth-order valence-corrected chi connectivity index (χ4v) is 3.03. The van der Waals surface area contributed by atoms with Gasteiger partial charge in [-0.15, -0.1) is 0 Å². The Bertz CT molecular complexity index is 815. The molecule has 0 saturated carbocycles. The Morgan fingerprint density at radius 3 is 2.09 bits per heavy atom. The second-order valence-electron chi connectivity index (χ2n) is 5.29. The number of rotatable bonds is 1. The minimum Gasteiger partial charge on any atom is -0.348 e. The van der Waals surface area contributed by atoms with Gasteiger partial charge in [0.2, 0.25) is 0 Å². The van der Waals surface area contributed by atoms with E-state index in [1.165, 1.54) is 0 Å². The van der Waals surface area contributed by atoms with Crippen molar-refractivity contribution in [2.45, 2.75) is 13.1 Å². The van der Waals surface area contributed by atoms with Gasteiger partial charge in [0, 0.05) is 27.8 Å². The Kier molecular flexibility index (Phi) is 4.47. The highest BCUT2D eigenvalue weighted by Crippen LogP contribution is 2.18. The van der Waals surface area contributed by atoms with Crippen LogP contribution < -0.4 is 10.6 Å². The van der Waals surface area contributed by atoms with Crippen LogP contribution in [0.3, 0.4) is 0 Å². The molecule has 0 spiro atoms. The minimum atomic E-state index is 0.0219. The fourth-order valence-electron chi connectivity index (χ4n) is 2.54. The Labute approximate surface area is 148 Å². The summed E-state index contributed by atoms with van der Waals surface area (Å²) < 4.78 is 1.11. The Morgan fingerprint density at radius 1 is 0.913 bits per heavy atom. The molecule has 0 aliphatic carbocycles. The van der Waals surface area contributed by atoms with Crippen molar-refractivity contribution in [1.82, 2.24) is 10.6 Å². The molecule has 4 rings (SSSR count). The number of fused-ring (bicyclic) bond motifs is 2. The van der Waals surface area contributed by atoms with E-state index in [0.29, 0.717) is 13.1 Å². The summed E-state index contributed by atoms with van der Waals surface area (Å²) in [6.45, 7) is 4.99. The van der Waals surface area contributed by atoms with E-state index in [-0.39, 0.29) is 11.8 Å². The highest BCUT2D eigenvalue weighted by atomic mass is 127. The van der Waals surface area contributed by atoms with Crippen LogP contribution in [0, 0.1) is 3.57 Å². The van der Waals surface area contributed by atoms with Crippen molar-refractivity contribution in [3.63, 3.8) is 0 Å². The highest BCUT2D eigenvalue weighted by molar-refractivity contribution is 14.1. The summed E-state index contributed by atoms with van der Waals surface area (Å²) >= 11 is 2.20. The molecule has 0 fully saturated rings. The standard InChI is InChI=1S/C10H9NO.C8H6INO/c1-2-7-3-4-8-6-11-10(12)9(8)5-7;9-6-2-1-5-4-10-8(11)7(5)3-6/h2-5H,1,6H2,(H,11,12);1-3H,4H2,(H,10,11). The molecule has 2 aromatic rings. The van der Waals surface area contributed by atoms with Crippen LogP contribution in [0.5, 0.6) is 0 Å². The SMILES string of the molecule is C=Cc1ccc2c(c1)C(=O)NC2.O=C1NCc2ccc(I)cc21. The number of benzene rings is 2. The van der Waals surface area contributed by atoms with Gasteiger partial charge in [0.25, 0.3) is 11.8 Å². The van der Waals surface area contributed by atoms with E-state index in [4.69, 9.17) is 0 Å². The first kappa shape index (κ1) is 15.7. The van der Waals surface area contributed by atoms with Gasteiger partial charge in [-0.25, -0.2) is 0 Å². The van der Waals surface area contributed by atoms with Crippen LogP contribution in [-0.2, 0) is 13.1 Å². The Morgan fingerprint density at radius 2 is 1.48 bits per heavy atom. The smallest absolute Gasteiger partial charge is 0.251 e. The molecule has 0 unspecified atom stereocenters. The molecule has 23 heavy (non-hydrogen) atoms. The van der Waals surface area contributed by atoms with E-state index in [1.54, 1.807) is 6.08 Å². The Balaban J connectivity index is 0.000000136. The zero-order valence-electron chi connectivity index (χ0n) is 12.4. The summed E-state index contributed by atoms with van der Waals surface area (Å²) in [5.41, 5.74) is 4.79. The molecule has 0 aromatic heterocycles. The van der Waals surface area contributed by atoms with Gasteiger partial charge in [-0.1, -0.05) is 30.9 Å².